The number of aromatic nitrogens is 5. The van der Waals surface area contributed by atoms with E-state index >= 15 is 0 Å². The van der Waals surface area contributed by atoms with E-state index in [0.29, 0.717) is 47.4 Å². The zero-order valence-corrected chi connectivity index (χ0v) is 25.4. The molecule has 6 rings (SSSR count). The number of sulfonamides is 2. The number of H-pyrrole nitrogens is 1. The Morgan fingerprint density at radius 2 is 1.38 bits per heavy atom. The number of rotatable bonds is 7. The molecule has 1 N–H and O–H groups in total. The van der Waals surface area contributed by atoms with Gasteiger partial charge in [-0.1, -0.05) is 34.5 Å². The summed E-state index contributed by atoms with van der Waals surface area (Å²) in [4.78, 5) is 20.4. The van der Waals surface area contributed by atoms with Crippen LogP contribution in [0.15, 0.2) is 57.1 Å². The van der Waals surface area contributed by atoms with Crippen LogP contribution in [-0.2, 0) is 26.6 Å². The molecule has 16 heteroatoms. The molecule has 42 heavy (non-hydrogen) atoms. The zero-order chi connectivity index (χ0) is 29.6. The van der Waals surface area contributed by atoms with Crippen LogP contribution in [0.2, 0.25) is 10.0 Å². The van der Waals surface area contributed by atoms with Crippen LogP contribution in [0.1, 0.15) is 43.0 Å². The number of halogens is 2. The fourth-order valence-electron chi connectivity index (χ4n) is 5.40. The van der Waals surface area contributed by atoms with Gasteiger partial charge in [0.2, 0.25) is 20.0 Å². The third-order valence-electron chi connectivity index (χ3n) is 7.77. The van der Waals surface area contributed by atoms with Crippen LogP contribution >= 0.6 is 23.2 Å². The summed E-state index contributed by atoms with van der Waals surface area (Å²) in [5, 5.41) is 8.96. The van der Waals surface area contributed by atoms with Crippen molar-refractivity contribution in [2.24, 2.45) is 0 Å². The molecule has 222 valence electrons. The van der Waals surface area contributed by atoms with Gasteiger partial charge in [0.25, 0.3) is 5.56 Å². The minimum Gasteiger partial charge on any atom is -0.308 e. The van der Waals surface area contributed by atoms with E-state index in [1.807, 2.05) is 0 Å². The molecule has 2 aliphatic rings. The second-order valence-corrected chi connectivity index (χ2v) is 15.0. The lowest BCUT2D eigenvalue weighted by Gasteiger charge is -2.30. The molecule has 0 amide bonds. The molecular weight excluding hydrogens is 625 g/mol. The van der Waals surface area contributed by atoms with E-state index in [0.717, 1.165) is 12.8 Å². The van der Waals surface area contributed by atoms with Crippen molar-refractivity contribution in [3.05, 3.63) is 74.3 Å². The van der Waals surface area contributed by atoms with Crippen LogP contribution in [0.25, 0.3) is 11.2 Å². The number of hydrogen-bond donors (Lipinski definition) is 1. The van der Waals surface area contributed by atoms with Crippen molar-refractivity contribution in [3.63, 3.8) is 0 Å². The zero-order valence-electron chi connectivity index (χ0n) is 22.3. The maximum atomic E-state index is 13.4. The Morgan fingerprint density at radius 3 is 1.95 bits per heavy atom. The van der Waals surface area contributed by atoms with Gasteiger partial charge in [-0.05, 0) is 62.1 Å². The van der Waals surface area contributed by atoms with Gasteiger partial charge in [-0.25, -0.2) is 26.5 Å². The predicted octanol–water partition coefficient (Wildman–Crippen LogP) is 3.22. The first-order chi connectivity index (χ1) is 20.1. The first-order valence-electron chi connectivity index (χ1n) is 13.4. The standard InChI is InChI=1S/C26H27Cl2N7O5S2/c27-21-4-3-5-22(28)20(21)16-35-25-23(31-32-35)26(36)30-24(29-25)17-10-14-34(15-11-17)42(39,40)19-8-6-18(7-9-19)41(37,38)33-12-1-2-13-33/h3-9,17H,1-2,10-16H2,(H,29,30,36). The number of nitrogens with one attached hydrogen (secondary N) is 1. The summed E-state index contributed by atoms with van der Waals surface area (Å²) in [6.07, 6.45) is 2.48. The molecule has 2 saturated heterocycles. The molecule has 0 aliphatic carbocycles. The lowest BCUT2D eigenvalue weighted by atomic mass is 9.97. The number of fused-ring (bicyclic) bond motifs is 1. The lowest BCUT2D eigenvalue weighted by Crippen LogP contribution is -2.38. The summed E-state index contributed by atoms with van der Waals surface area (Å²) in [5.74, 6) is 0.226. The van der Waals surface area contributed by atoms with Gasteiger partial charge < -0.3 is 4.98 Å². The minimum atomic E-state index is -3.85. The summed E-state index contributed by atoms with van der Waals surface area (Å²) < 4.78 is 56.6. The van der Waals surface area contributed by atoms with Crippen LogP contribution in [0, 0.1) is 0 Å². The normalized spacial score (nSPS) is 17.8. The van der Waals surface area contributed by atoms with Gasteiger partial charge in [-0.3, -0.25) is 4.79 Å². The molecule has 2 aromatic heterocycles. The van der Waals surface area contributed by atoms with Crippen LogP contribution in [-0.4, -0.2) is 76.6 Å². The second-order valence-electron chi connectivity index (χ2n) is 10.3. The third-order valence-corrected chi connectivity index (χ3v) is 12.3. The highest BCUT2D eigenvalue weighted by molar-refractivity contribution is 7.89. The quantitative estimate of drug-likeness (QED) is 0.320. The highest BCUT2D eigenvalue weighted by Crippen LogP contribution is 2.31. The maximum Gasteiger partial charge on any atom is 0.281 e. The molecule has 2 aliphatic heterocycles. The minimum absolute atomic E-state index is 0.0301. The van der Waals surface area contributed by atoms with Crippen molar-refractivity contribution in [3.8, 4) is 0 Å². The second kappa shape index (κ2) is 11.3. The van der Waals surface area contributed by atoms with E-state index in [1.165, 1.54) is 37.6 Å². The van der Waals surface area contributed by atoms with Crippen molar-refractivity contribution in [2.45, 2.75) is 47.9 Å². The Labute approximate surface area is 252 Å². The molecule has 12 nitrogen and oxygen atoms in total. The Hall–Kier alpha value is -2.88. The largest absolute Gasteiger partial charge is 0.308 e. The van der Waals surface area contributed by atoms with Gasteiger partial charge in [-0.2, -0.15) is 8.61 Å². The van der Waals surface area contributed by atoms with Gasteiger partial charge in [0.1, 0.15) is 5.82 Å². The smallest absolute Gasteiger partial charge is 0.281 e. The molecule has 4 aromatic rings. The Bertz CT molecular complexity index is 1890. The molecule has 2 aromatic carbocycles. The third kappa shape index (κ3) is 5.35. The monoisotopic (exact) mass is 651 g/mol. The summed E-state index contributed by atoms with van der Waals surface area (Å²) in [6.45, 7) is 1.52. The van der Waals surface area contributed by atoms with E-state index in [-0.39, 0.29) is 46.5 Å². The number of aromatic amines is 1. The molecule has 0 atom stereocenters. The summed E-state index contributed by atoms with van der Waals surface area (Å²) in [5.41, 5.74) is 0.544. The number of benzene rings is 2. The molecule has 0 saturated carbocycles. The van der Waals surface area contributed by atoms with Crippen LogP contribution < -0.4 is 5.56 Å². The highest BCUT2D eigenvalue weighted by atomic mass is 35.5. The predicted molar refractivity (Wildman–Crippen MR) is 157 cm³/mol. The van der Waals surface area contributed by atoms with Crippen molar-refractivity contribution >= 4 is 54.4 Å². The van der Waals surface area contributed by atoms with Gasteiger partial charge in [-0.15, -0.1) is 5.10 Å². The van der Waals surface area contributed by atoms with E-state index < -0.39 is 25.6 Å². The molecule has 2 fully saturated rings. The van der Waals surface area contributed by atoms with Crippen LogP contribution in [0.5, 0.6) is 0 Å². The highest BCUT2D eigenvalue weighted by Gasteiger charge is 2.32. The molecular formula is C26H27Cl2N7O5S2. The SMILES string of the molecule is O=c1[nH]c(C2CCN(S(=O)(=O)c3ccc(S(=O)(=O)N4CCCC4)cc3)CC2)nc2c1nnn2Cc1c(Cl)cccc1Cl. The van der Waals surface area contributed by atoms with Crippen LogP contribution in [0.4, 0.5) is 0 Å². The number of nitrogens with zero attached hydrogens (tertiary/aromatic N) is 6. The van der Waals surface area contributed by atoms with Crippen LogP contribution in [0.3, 0.4) is 0 Å². The fourth-order valence-corrected chi connectivity index (χ4v) is 8.90. The summed E-state index contributed by atoms with van der Waals surface area (Å²) in [7, 11) is -7.49. The van der Waals surface area contributed by atoms with E-state index in [9.17, 15) is 21.6 Å². The van der Waals surface area contributed by atoms with Gasteiger partial charge >= 0.3 is 0 Å². The topological polar surface area (TPSA) is 151 Å². The van der Waals surface area contributed by atoms with Gasteiger partial charge in [0, 0.05) is 47.7 Å². The first-order valence-corrected chi connectivity index (χ1v) is 17.1. The van der Waals surface area contributed by atoms with E-state index in [1.54, 1.807) is 18.2 Å². The van der Waals surface area contributed by atoms with E-state index in [2.05, 4.69) is 20.3 Å². The fraction of sp³-hybridized carbons (Fsp3) is 0.385. The Kier molecular flexibility index (Phi) is 7.87. The van der Waals surface area contributed by atoms with Gasteiger partial charge in [0.15, 0.2) is 11.2 Å². The van der Waals surface area contributed by atoms with Crippen molar-refractivity contribution in [2.75, 3.05) is 26.2 Å². The lowest BCUT2D eigenvalue weighted by molar-refractivity contribution is 0.313. The average molecular weight is 653 g/mol. The van der Waals surface area contributed by atoms with Crippen molar-refractivity contribution < 1.29 is 16.8 Å². The van der Waals surface area contributed by atoms with Crippen molar-refractivity contribution in [1.82, 2.24) is 33.6 Å². The average Bonchev–Trinajstić information content (AvgIpc) is 3.67. The van der Waals surface area contributed by atoms with Gasteiger partial charge in [0.05, 0.1) is 16.3 Å². The molecule has 0 spiro atoms. The number of piperidine rings is 1. The maximum absolute atomic E-state index is 13.4. The Balaban J connectivity index is 1.18. The molecule has 0 radical (unpaired) electrons. The van der Waals surface area contributed by atoms with Crippen molar-refractivity contribution in [1.29, 1.82) is 0 Å². The first kappa shape index (κ1) is 29.2. The summed E-state index contributed by atoms with van der Waals surface area (Å²) >= 11 is 12.6. The number of hydrogen-bond acceptors (Lipinski definition) is 8. The molecule has 4 heterocycles. The molecule has 0 bridgehead atoms. The summed E-state index contributed by atoms with van der Waals surface area (Å²) in [6, 6.07) is 10.5. The Morgan fingerprint density at radius 1 is 0.833 bits per heavy atom. The molecule has 0 unspecified atom stereocenters. The van der Waals surface area contributed by atoms with E-state index in [4.69, 9.17) is 23.2 Å².